The summed E-state index contributed by atoms with van der Waals surface area (Å²) in [7, 11) is -1.61. The van der Waals surface area contributed by atoms with E-state index in [1.54, 1.807) is 29.9 Å². The summed E-state index contributed by atoms with van der Waals surface area (Å²) < 4.78 is 37.8. The third-order valence-electron chi connectivity index (χ3n) is 4.24. The number of hydrogen-bond donors (Lipinski definition) is 0. The molecule has 22 heavy (non-hydrogen) atoms. The van der Waals surface area contributed by atoms with Crippen molar-refractivity contribution in [2.45, 2.75) is 31.4 Å². The first-order valence-electron chi connectivity index (χ1n) is 7.63. The summed E-state index contributed by atoms with van der Waals surface area (Å²) in [6, 6.07) is 3.44. The number of nitrogens with zero attached hydrogens (tertiary/aromatic N) is 2. The summed E-state index contributed by atoms with van der Waals surface area (Å²) in [6.07, 6.45) is 5.97. The van der Waals surface area contributed by atoms with E-state index in [9.17, 15) is 8.42 Å². The first-order chi connectivity index (χ1) is 10.6. The maximum atomic E-state index is 12.6. The topological polar surface area (TPSA) is 68.7 Å². The summed E-state index contributed by atoms with van der Waals surface area (Å²) in [5.74, 6) is 1.25. The number of rotatable bonds is 7. The smallest absolute Gasteiger partial charge is 0.214 e. The molecular formula is C15H22N2O4S. The number of methoxy groups -OCH3 is 1. The highest BCUT2D eigenvalue weighted by Gasteiger charge is 2.42. The van der Waals surface area contributed by atoms with Gasteiger partial charge in [0.2, 0.25) is 10.0 Å². The van der Waals surface area contributed by atoms with Gasteiger partial charge in [-0.3, -0.25) is 4.98 Å². The van der Waals surface area contributed by atoms with E-state index in [4.69, 9.17) is 9.47 Å². The van der Waals surface area contributed by atoms with Gasteiger partial charge >= 0.3 is 0 Å². The number of hydrogen-bond acceptors (Lipinski definition) is 5. The number of pyridine rings is 1. The van der Waals surface area contributed by atoms with E-state index in [2.05, 4.69) is 4.98 Å². The second kappa shape index (κ2) is 6.52. The summed E-state index contributed by atoms with van der Waals surface area (Å²) in [4.78, 5) is 3.99. The van der Waals surface area contributed by atoms with Gasteiger partial charge in [-0.25, -0.2) is 8.42 Å². The lowest BCUT2D eigenvalue weighted by Gasteiger charge is -2.23. The minimum Gasteiger partial charge on any atom is -0.490 e. The van der Waals surface area contributed by atoms with Crippen molar-refractivity contribution in [1.29, 1.82) is 0 Å². The molecule has 3 rings (SSSR count). The molecule has 2 aliphatic rings. The molecule has 2 atom stereocenters. The van der Waals surface area contributed by atoms with Crippen LogP contribution in [0.5, 0.6) is 5.75 Å². The van der Waals surface area contributed by atoms with Gasteiger partial charge < -0.3 is 9.47 Å². The summed E-state index contributed by atoms with van der Waals surface area (Å²) in [5.41, 5.74) is 0. The van der Waals surface area contributed by atoms with Gasteiger partial charge in [0.05, 0.1) is 24.1 Å². The highest BCUT2D eigenvalue weighted by atomic mass is 32.2. The molecule has 1 aliphatic heterocycles. The van der Waals surface area contributed by atoms with E-state index < -0.39 is 10.0 Å². The van der Waals surface area contributed by atoms with Gasteiger partial charge in [0.15, 0.2) is 0 Å². The van der Waals surface area contributed by atoms with Crippen LogP contribution >= 0.6 is 0 Å². The Morgan fingerprint density at radius 3 is 2.86 bits per heavy atom. The Labute approximate surface area is 131 Å². The molecule has 2 fully saturated rings. The molecule has 0 spiro atoms. The third kappa shape index (κ3) is 3.77. The molecule has 122 valence electrons. The van der Waals surface area contributed by atoms with Crippen LogP contribution in [0, 0.1) is 5.92 Å². The molecule has 7 heteroatoms. The van der Waals surface area contributed by atoms with Crippen LogP contribution in [0.15, 0.2) is 24.5 Å². The van der Waals surface area contributed by atoms with Crippen molar-refractivity contribution in [3.05, 3.63) is 24.5 Å². The van der Waals surface area contributed by atoms with E-state index in [-0.39, 0.29) is 17.9 Å². The Hall–Kier alpha value is -1.18. The lowest BCUT2D eigenvalue weighted by molar-refractivity contribution is 0.113. The van der Waals surface area contributed by atoms with E-state index in [1.165, 1.54) is 0 Å². The predicted octanol–water partition coefficient (Wildman–Crippen LogP) is 1.29. The summed E-state index contributed by atoms with van der Waals surface area (Å²) in [6.45, 7) is 0.752. The normalized spacial score (nSPS) is 26.2. The van der Waals surface area contributed by atoms with Gasteiger partial charge in [-0.2, -0.15) is 4.31 Å². The minimum atomic E-state index is -3.24. The molecule has 1 saturated heterocycles. The van der Waals surface area contributed by atoms with Crippen LogP contribution in [-0.2, 0) is 14.8 Å². The average Bonchev–Trinajstić information content (AvgIpc) is 3.20. The standard InChI is InChI=1S/C15H22N2O4S/c1-20-15-7-13(10-21-14-3-2-6-16-8-14)17(9-15)22(18,19)11-12-4-5-12/h2-3,6,8,12-13,15H,4-5,7,9-11H2,1H3/t13-,15+/m0/s1. The van der Waals surface area contributed by atoms with Crippen molar-refractivity contribution in [3.63, 3.8) is 0 Å². The van der Waals surface area contributed by atoms with Crippen molar-refractivity contribution in [3.8, 4) is 5.75 Å². The van der Waals surface area contributed by atoms with E-state index >= 15 is 0 Å². The Kier molecular flexibility index (Phi) is 4.65. The third-order valence-corrected chi connectivity index (χ3v) is 6.29. The Morgan fingerprint density at radius 1 is 1.41 bits per heavy atom. The van der Waals surface area contributed by atoms with E-state index in [0.29, 0.717) is 31.2 Å². The molecule has 0 bridgehead atoms. The number of sulfonamides is 1. The van der Waals surface area contributed by atoms with Crippen LogP contribution in [0.3, 0.4) is 0 Å². The fraction of sp³-hybridized carbons (Fsp3) is 0.667. The Balaban J connectivity index is 1.66. The highest BCUT2D eigenvalue weighted by molar-refractivity contribution is 7.89. The van der Waals surface area contributed by atoms with Crippen molar-refractivity contribution in [1.82, 2.24) is 9.29 Å². The number of ether oxygens (including phenoxy) is 2. The molecule has 1 aromatic rings. The SMILES string of the molecule is CO[C@@H]1C[C@@H](COc2cccnc2)N(S(=O)(=O)CC2CC2)C1. The second-order valence-electron chi connectivity index (χ2n) is 6.04. The van der Waals surface area contributed by atoms with Gasteiger partial charge in [-0.1, -0.05) is 0 Å². The van der Waals surface area contributed by atoms with E-state index in [1.807, 2.05) is 6.07 Å². The van der Waals surface area contributed by atoms with Crippen LogP contribution in [0.4, 0.5) is 0 Å². The molecule has 1 aromatic heterocycles. The molecule has 0 N–H and O–H groups in total. The van der Waals surface area contributed by atoms with Crippen LogP contribution in [-0.4, -0.2) is 55.9 Å². The fourth-order valence-electron chi connectivity index (χ4n) is 2.81. The summed E-state index contributed by atoms with van der Waals surface area (Å²) >= 11 is 0. The molecule has 1 saturated carbocycles. The quantitative estimate of drug-likeness (QED) is 0.755. The average molecular weight is 326 g/mol. The molecule has 2 heterocycles. The zero-order valence-corrected chi connectivity index (χ0v) is 13.5. The van der Waals surface area contributed by atoms with Crippen LogP contribution in [0.1, 0.15) is 19.3 Å². The molecule has 0 unspecified atom stereocenters. The lowest BCUT2D eigenvalue weighted by Crippen LogP contribution is -2.41. The monoisotopic (exact) mass is 326 g/mol. The first kappa shape index (κ1) is 15.7. The van der Waals surface area contributed by atoms with Crippen LogP contribution in [0.2, 0.25) is 0 Å². The van der Waals surface area contributed by atoms with Crippen molar-refractivity contribution >= 4 is 10.0 Å². The van der Waals surface area contributed by atoms with Gasteiger partial charge in [-0.05, 0) is 37.3 Å². The zero-order chi connectivity index (χ0) is 15.6. The maximum absolute atomic E-state index is 12.6. The minimum absolute atomic E-state index is 0.0588. The Morgan fingerprint density at radius 2 is 2.23 bits per heavy atom. The molecular weight excluding hydrogens is 304 g/mol. The largest absolute Gasteiger partial charge is 0.490 e. The fourth-order valence-corrected chi connectivity index (χ4v) is 4.93. The van der Waals surface area contributed by atoms with Gasteiger partial charge in [0.25, 0.3) is 0 Å². The number of aromatic nitrogens is 1. The highest BCUT2D eigenvalue weighted by Crippen LogP contribution is 2.33. The molecule has 0 amide bonds. The van der Waals surface area contributed by atoms with Crippen LogP contribution in [0.25, 0.3) is 0 Å². The second-order valence-corrected chi connectivity index (χ2v) is 8.00. The van der Waals surface area contributed by atoms with Crippen molar-refractivity contribution in [2.24, 2.45) is 5.92 Å². The molecule has 6 nitrogen and oxygen atoms in total. The summed E-state index contributed by atoms with van der Waals surface area (Å²) in [5, 5.41) is 0. The maximum Gasteiger partial charge on any atom is 0.214 e. The lowest BCUT2D eigenvalue weighted by atomic mass is 10.2. The molecule has 0 radical (unpaired) electrons. The molecule has 0 aromatic carbocycles. The predicted molar refractivity (Wildman–Crippen MR) is 82.2 cm³/mol. The van der Waals surface area contributed by atoms with Gasteiger partial charge in [0, 0.05) is 19.9 Å². The van der Waals surface area contributed by atoms with Crippen LogP contribution < -0.4 is 4.74 Å². The van der Waals surface area contributed by atoms with Gasteiger partial charge in [-0.15, -0.1) is 0 Å². The Bertz CT molecular complexity index is 589. The van der Waals surface area contributed by atoms with Crippen molar-refractivity contribution < 1.29 is 17.9 Å². The molecule has 1 aliphatic carbocycles. The first-order valence-corrected chi connectivity index (χ1v) is 9.24. The van der Waals surface area contributed by atoms with Crippen molar-refractivity contribution in [2.75, 3.05) is 26.0 Å². The zero-order valence-electron chi connectivity index (χ0n) is 12.7. The van der Waals surface area contributed by atoms with Gasteiger partial charge in [0.1, 0.15) is 12.4 Å². The van der Waals surface area contributed by atoms with E-state index in [0.717, 1.165) is 12.8 Å².